The molecule has 0 saturated carbocycles. The highest BCUT2D eigenvalue weighted by atomic mass is 19.2. The van der Waals surface area contributed by atoms with Crippen LogP contribution < -0.4 is 10.2 Å². The standard InChI is InChI=1S/C16H23BF2O3/c1-6-7-10-20-12-9-8-11(13(18)14(12)19)17-21-15(2,3)16(4,5)22-17/h8-9H,6-7,10H2,1-5H3. The first-order chi connectivity index (χ1) is 10.2. The maximum Gasteiger partial charge on any atom is 0.497 e. The highest BCUT2D eigenvalue weighted by Crippen LogP contribution is 2.37. The van der Waals surface area contributed by atoms with Crippen LogP contribution in [-0.2, 0) is 9.31 Å². The van der Waals surface area contributed by atoms with Crippen LogP contribution in [-0.4, -0.2) is 24.9 Å². The fourth-order valence-electron chi connectivity index (χ4n) is 2.14. The summed E-state index contributed by atoms with van der Waals surface area (Å²) in [5.41, 5.74) is -1.15. The summed E-state index contributed by atoms with van der Waals surface area (Å²) >= 11 is 0. The van der Waals surface area contributed by atoms with Crippen molar-refractivity contribution < 1.29 is 22.8 Å². The Morgan fingerprint density at radius 1 is 1.05 bits per heavy atom. The third-order valence-corrected chi connectivity index (χ3v) is 4.34. The quantitative estimate of drug-likeness (QED) is 0.616. The monoisotopic (exact) mass is 312 g/mol. The maximum atomic E-state index is 14.3. The molecule has 0 N–H and O–H groups in total. The van der Waals surface area contributed by atoms with Crippen molar-refractivity contribution in [2.45, 2.75) is 58.7 Å². The number of rotatable bonds is 5. The third-order valence-electron chi connectivity index (χ3n) is 4.34. The Balaban J connectivity index is 2.22. The van der Waals surface area contributed by atoms with Crippen LogP contribution in [0.5, 0.6) is 5.75 Å². The summed E-state index contributed by atoms with van der Waals surface area (Å²) in [7, 11) is -0.927. The molecule has 0 radical (unpaired) electrons. The van der Waals surface area contributed by atoms with E-state index in [9.17, 15) is 8.78 Å². The van der Waals surface area contributed by atoms with E-state index in [4.69, 9.17) is 14.0 Å². The molecule has 122 valence electrons. The van der Waals surface area contributed by atoms with E-state index in [0.717, 1.165) is 12.8 Å². The summed E-state index contributed by atoms with van der Waals surface area (Å²) in [6.07, 6.45) is 1.72. The van der Waals surface area contributed by atoms with Crippen molar-refractivity contribution >= 4 is 12.6 Å². The topological polar surface area (TPSA) is 27.7 Å². The molecule has 0 aliphatic carbocycles. The molecule has 1 aromatic carbocycles. The van der Waals surface area contributed by atoms with Crippen LogP contribution in [0, 0.1) is 11.6 Å². The van der Waals surface area contributed by atoms with Crippen molar-refractivity contribution in [1.29, 1.82) is 0 Å². The molecule has 0 aromatic heterocycles. The molecule has 0 bridgehead atoms. The van der Waals surface area contributed by atoms with Crippen molar-refractivity contribution in [1.82, 2.24) is 0 Å². The van der Waals surface area contributed by atoms with E-state index in [0.29, 0.717) is 6.61 Å². The van der Waals surface area contributed by atoms with E-state index in [1.54, 1.807) is 0 Å². The molecule has 22 heavy (non-hydrogen) atoms. The van der Waals surface area contributed by atoms with Crippen LogP contribution in [0.25, 0.3) is 0 Å². The van der Waals surface area contributed by atoms with Crippen molar-refractivity contribution in [2.75, 3.05) is 6.61 Å². The molecule has 3 nitrogen and oxygen atoms in total. The highest BCUT2D eigenvalue weighted by molar-refractivity contribution is 6.62. The Morgan fingerprint density at radius 3 is 2.18 bits per heavy atom. The minimum absolute atomic E-state index is 0.0546. The van der Waals surface area contributed by atoms with Gasteiger partial charge in [-0.2, -0.15) is 4.39 Å². The number of halogens is 2. The molecule has 0 atom stereocenters. The van der Waals surface area contributed by atoms with Gasteiger partial charge in [0.15, 0.2) is 17.4 Å². The molecule has 1 saturated heterocycles. The van der Waals surface area contributed by atoms with E-state index in [1.165, 1.54) is 12.1 Å². The lowest BCUT2D eigenvalue weighted by atomic mass is 9.78. The zero-order valence-corrected chi connectivity index (χ0v) is 13.8. The molecule has 0 spiro atoms. The van der Waals surface area contributed by atoms with Crippen LogP contribution in [0.1, 0.15) is 47.5 Å². The zero-order valence-electron chi connectivity index (χ0n) is 13.8. The number of unbranched alkanes of at least 4 members (excludes halogenated alkanes) is 1. The van der Waals surface area contributed by atoms with Gasteiger partial charge < -0.3 is 14.0 Å². The largest absolute Gasteiger partial charge is 0.497 e. The van der Waals surface area contributed by atoms with Crippen molar-refractivity contribution in [3.05, 3.63) is 23.8 Å². The predicted octanol–water partition coefficient (Wildman–Crippen LogP) is 3.44. The predicted molar refractivity (Wildman–Crippen MR) is 82.5 cm³/mol. The maximum absolute atomic E-state index is 14.3. The van der Waals surface area contributed by atoms with Crippen LogP contribution in [0.4, 0.5) is 8.78 Å². The van der Waals surface area contributed by atoms with Gasteiger partial charge in [-0.15, -0.1) is 0 Å². The van der Waals surface area contributed by atoms with Gasteiger partial charge in [0.2, 0.25) is 0 Å². The molecule has 1 aliphatic heterocycles. The summed E-state index contributed by atoms with van der Waals surface area (Å²) < 4.78 is 45.2. The van der Waals surface area contributed by atoms with Gasteiger partial charge in [0, 0.05) is 5.46 Å². The number of benzene rings is 1. The minimum Gasteiger partial charge on any atom is -0.490 e. The first kappa shape index (κ1) is 17.2. The summed E-state index contributed by atoms with van der Waals surface area (Å²) in [6.45, 7) is 9.82. The molecular weight excluding hydrogens is 289 g/mol. The van der Waals surface area contributed by atoms with E-state index in [-0.39, 0.29) is 11.2 Å². The van der Waals surface area contributed by atoms with Crippen LogP contribution in [0.3, 0.4) is 0 Å². The zero-order chi connectivity index (χ0) is 16.5. The van der Waals surface area contributed by atoms with Crippen LogP contribution in [0.15, 0.2) is 12.1 Å². The van der Waals surface area contributed by atoms with Gasteiger partial charge in [-0.1, -0.05) is 19.4 Å². The molecule has 6 heteroatoms. The number of hydrogen-bond donors (Lipinski definition) is 0. The molecular formula is C16H23BF2O3. The second kappa shape index (κ2) is 6.16. The highest BCUT2D eigenvalue weighted by Gasteiger charge is 2.52. The summed E-state index contributed by atoms with van der Waals surface area (Å²) in [5, 5.41) is 0. The first-order valence-corrected chi connectivity index (χ1v) is 7.66. The SMILES string of the molecule is CCCCOc1ccc(B2OC(C)(C)C(C)(C)O2)c(F)c1F. The lowest BCUT2D eigenvalue weighted by Crippen LogP contribution is -2.41. The van der Waals surface area contributed by atoms with Gasteiger partial charge >= 0.3 is 7.12 Å². The fourth-order valence-corrected chi connectivity index (χ4v) is 2.14. The summed E-state index contributed by atoms with van der Waals surface area (Å²) in [5.74, 6) is -2.05. The molecule has 1 aliphatic rings. The second-order valence-corrected chi connectivity index (χ2v) is 6.57. The molecule has 2 rings (SSSR count). The average molecular weight is 312 g/mol. The minimum atomic E-state index is -0.997. The summed E-state index contributed by atoms with van der Waals surface area (Å²) in [4.78, 5) is 0. The molecule has 0 unspecified atom stereocenters. The molecule has 1 fully saturated rings. The van der Waals surface area contributed by atoms with Crippen molar-refractivity contribution in [3.8, 4) is 5.75 Å². The smallest absolute Gasteiger partial charge is 0.490 e. The Bertz CT molecular complexity index is 530. The fraction of sp³-hybridized carbons (Fsp3) is 0.625. The molecule has 1 aromatic rings. The van der Waals surface area contributed by atoms with Gasteiger partial charge in [0.1, 0.15) is 0 Å². The van der Waals surface area contributed by atoms with E-state index < -0.39 is 30.0 Å². The lowest BCUT2D eigenvalue weighted by molar-refractivity contribution is 0.00578. The average Bonchev–Trinajstić information content (AvgIpc) is 2.63. The Morgan fingerprint density at radius 2 is 1.64 bits per heavy atom. The van der Waals surface area contributed by atoms with Gasteiger partial charge in [-0.05, 0) is 40.2 Å². The molecule has 1 heterocycles. The first-order valence-electron chi connectivity index (χ1n) is 7.66. The van der Waals surface area contributed by atoms with Crippen molar-refractivity contribution in [2.24, 2.45) is 0 Å². The lowest BCUT2D eigenvalue weighted by Gasteiger charge is -2.32. The number of hydrogen-bond acceptors (Lipinski definition) is 3. The van der Waals surface area contributed by atoms with Crippen LogP contribution in [0.2, 0.25) is 0 Å². The normalized spacial score (nSPS) is 19.5. The van der Waals surface area contributed by atoms with Gasteiger partial charge in [0.25, 0.3) is 0 Å². The van der Waals surface area contributed by atoms with E-state index >= 15 is 0 Å². The van der Waals surface area contributed by atoms with Gasteiger partial charge in [0.05, 0.1) is 17.8 Å². The third kappa shape index (κ3) is 3.13. The Kier molecular flexibility index (Phi) is 4.83. The van der Waals surface area contributed by atoms with E-state index in [2.05, 4.69) is 0 Å². The van der Waals surface area contributed by atoms with Crippen molar-refractivity contribution in [3.63, 3.8) is 0 Å². The Hall–Kier alpha value is -1.14. The second-order valence-electron chi connectivity index (χ2n) is 6.57. The summed E-state index contributed by atoms with van der Waals surface area (Å²) in [6, 6.07) is 2.89. The Labute approximate surface area is 131 Å². The van der Waals surface area contributed by atoms with Crippen LogP contribution >= 0.6 is 0 Å². The van der Waals surface area contributed by atoms with Gasteiger partial charge in [-0.3, -0.25) is 0 Å². The van der Waals surface area contributed by atoms with Gasteiger partial charge in [-0.25, -0.2) is 4.39 Å². The number of ether oxygens (including phenoxy) is 1. The van der Waals surface area contributed by atoms with E-state index in [1.807, 2.05) is 34.6 Å². The molecule has 0 amide bonds.